The van der Waals surface area contributed by atoms with Crippen LogP contribution in [0.5, 0.6) is 5.88 Å². The number of halogens is 5. The van der Waals surface area contributed by atoms with Crippen LogP contribution in [-0.4, -0.2) is 54.5 Å². The van der Waals surface area contributed by atoms with Gasteiger partial charge in [-0.1, -0.05) is 0 Å². The average Bonchev–Trinajstić information content (AvgIpc) is 3.41. The van der Waals surface area contributed by atoms with E-state index in [4.69, 9.17) is 9.84 Å². The number of sulfonamides is 1. The Morgan fingerprint density at radius 1 is 1.07 bits per heavy atom. The number of aliphatic hydroxyl groups is 1. The van der Waals surface area contributed by atoms with Gasteiger partial charge in [0.05, 0.1) is 11.5 Å². The van der Waals surface area contributed by atoms with Crippen molar-refractivity contribution in [1.82, 2.24) is 14.6 Å². The quantitative estimate of drug-likeness (QED) is 0.369. The van der Waals surface area contributed by atoms with E-state index < -0.39 is 58.0 Å². The third kappa shape index (κ3) is 6.57. The van der Waals surface area contributed by atoms with E-state index in [0.29, 0.717) is 12.5 Å². The van der Waals surface area contributed by atoms with Crippen LogP contribution in [-0.2, 0) is 27.5 Å². The molecule has 1 atom stereocenters. The molecule has 2 aromatic carbocycles. The lowest BCUT2D eigenvalue weighted by Crippen LogP contribution is -2.45. The summed E-state index contributed by atoms with van der Waals surface area (Å²) in [6.45, 7) is -0.976. The number of hydrogen-bond acceptors (Lipinski definition) is 6. The zero-order valence-corrected chi connectivity index (χ0v) is 21.6. The Labute approximate surface area is 226 Å². The van der Waals surface area contributed by atoms with Gasteiger partial charge in [-0.25, -0.2) is 22.2 Å². The second kappa shape index (κ2) is 11.9. The molecule has 3 aromatic rings. The average molecular weight is 586 g/mol. The Kier molecular flexibility index (Phi) is 8.71. The number of amides is 1. The van der Waals surface area contributed by atoms with Gasteiger partial charge >= 0.3 is 6.18 Å². The van der Waals surface area contributed by atoms with E-state index in [1.165, 1.54) is 6.07 Å². The molecule has 0 aliphatic carbocycles. The Balaban J connectivity index is 1.54. The minimum absolute atomic E-state index is 0.0286. The van der Waals surface area contributed by atoms with Crippen LogP contribution in [0.3, 0.4) is 0 Å². The lowest BCUT2D eigenvalue weighted by Gasteiger charge is -2.23. The molecule has 1 aromatic heterocycles. The molecule has 0 spiro atoms. The van der Waals surface area contributed by atoms with Crippen molar-refractivity contribution in [3.05, 3.63) is 77.5 Å². The van der Waals surface area contributed by atoms with Gasteiger partial charge in [0.1, 0.15) is 30.0 Å². The van der Waals surface area contributed by atoms with Crippen molar-refractivity contribution in [2.75, 3.05) is 19.8 Å². The smallest absolute Gasteiger partial charge is 0.433 e. The molecule has 2 heterocycles. The van der Waals surface area contributed by atoms with Crippen LogP contribution in [0.1, 0.15) is 24.1 Å². The number of pyridine rings is 1. The monoisotopic (exact) mass is 585 g/mol. The number of hydrogen-bond donors (Lipinski definition) is 2. The second-order valence-corrected chi connectivity index (χ2v) is 10.8. The van der Waals surface area contributed by atoms with Gasteiger partial charge in [-0.05, 0) is 78.6 Å². The Morgan fingerprint density at radius 2 is 1.80 bits per heavy atom. The highest BCUT2D eigenvalue weighted by Crippen LogP contribution is 2.35. The SMILES string of the molecule is O=C(NCc1cc(F)cc(-c2ccc(C(F)(F)F)nc2OCCO)c1)C1CCCN1S(=O)(=O)c1ccc(F)cc1. The van der Waals surface area contributed by atoms with Crippen LogP contribution >= 0.6 is 0 Å². The first-order valence-corrected chi connectivity index (χ1v) is 13.5. The van der Waals surface area contributed by atoms with Crippen molar-refractivity contribution >= 4 is 15.9 Å². The Hall–Kier alpha value is -3.62. The van der Waals surface area contributed by atoms with Crippen molar-refractivity contribution in [3.63, 3.8) is 0 Å². The fourth-order valence-corrected chi connectivity index (χ4v) is 5.97. The number of carbonyl (C=O) groups is 1. The minimum Gasteiger partial charge on any atom is -0.475 e. The maximum Gasteiger partial charge on any atom is 0.433 e. The van der Waals surface area contributed by atoms with Crippen LogP contribution < -0.4 is 10.1 Å². The molecule has 0 saturated carbocycles. The van der Waals surface area contributed by atoms with Crippen LogP contribution in [0, 0.1) is 11.6 Å². The molecule has 2 N–H and O–H groups in total. The predicted molar refractivity (Wildman–Crippen MR) is 132 cm³/mol. The molecule has 1 aliphatic heterocycles. The molecule has 4 rings (SSSR count). The first kappa shape index (κ1) is 29.4. The van der Waals surface area contributed by atoms with Crippen molar-refractivity contribution in [2.24, 2.45) is 0 Å². The number of rotatable bonds is 9. The highest BCUT2D eigenvalue weighted by Gasteiger charge is 2.39. The number of nitrogens with zero attached hydrogens (tertiary/aromatic N) is 2. The normalized spacial score (nSPS) is 16.2. The predicted octanol–water partition coefficient (Wildman–Crippen LogP) is 3.89. The first-order valence-electron chi connectivity index (χ1n) is 12.1. The summed E-state index contributed by atoms with van der Waals surface area (Å²) in [6, 6.07) is 8.55. The Bertz CT molecular complexity index is 1480. The largest absolute Gasteiger partial charge is 0.475 e. The van der Waals surface area contributed by atoms with Gasteiger partial charge in [0.25, 0.3) is 0 Å². The Morgan fingerprint density at radius 3 is 2.48 bits per heavy atom. The summed E-state index contributed by atoms with van der Waals surface area (Å²) >= 11 is 0. The molecular weight excluding hydrogens is 561 g/mol. The first-order chi connectivity index (χ1) is 18.9. The number of aromatic nitrogens is 1. The van der Waals surface area contributed by atoms with Gasteiger partial charge in [0, 0.05) is 18.7 Å². The molecule has 1 aliphatic rings. The van der Waals surface area contributed by atoms with E-state index in [-0.39, 0.29) is 47.7 Å². The molecule has 1 saturated heterocycles. The summed E-state index contributed by atoms with van der Waals surface area (Å²) in [7, 11) is -4.08. The van der Waals surface area contributed by atoms with E-state index >= 15 is 0 Å². The fourth-order valence-electron chi connectivity index (χ4n) is 4.32. The molecule has 0 bridgehead atoms. The standard InChI is InChI=1S/C26H24F5N3O5S/c27-18-3-5-20(6-4-18)40(37,38)34-9-1-2-22(34)24(36)32-15-16-12-17(14-19(28)13-16)21-7-8-23(26(29,30)31)33-25(21)39-11-10-35/h3-8,12-14,22,35H,1-2,9-11,15H2,(H,32,36). The number of ether oxygens (including phenoxy) is 1. The molecule has 8 nitrogen and oxygen atoms in total. The molecule has 40 heavy (non-hydrogen) atoms. The van der Waals surface area contributed by atoms with Crippen LogP contribution in [0.2, 0.25) is 0 Å². The molecule has 214 valence electrons. The molecular formula is C26H24F5N3O5S. The van der Waals surface area contributed by atoms with E-state index in [1.807, 2.05) is 0 Å². The van der Waals surface area contributed by atoms with Crippen molar-refractivity contribution in [2.45, 2.75) is 36.5 Å². The van der Waals surface area contributed by atoms with E-state index in [9.17, 15) is 35.2 Å². The van der Waals surface area contributed by atoms with Crippen LogP contribution in [0.15, 0.2) is 59.5 Å². The van der Waals surface area contributed by atoms with Gasteiger partial charge < -0.3 is 15.2 Å². The number of alkyl halides is 3. The fraction of sp³-hybridized carbons (Fsp3) is 0.308. The number of aliphatic hydroxyl groups excluding tert-OH is 1. The zero-order chi connectivity index (χ0) is 29.1. The summed E-state index contributed by atoms with van der Waals surface area (Å²) in [5.41, 5.74) is -0.854. The van der Waals surface area contributed by atoms with Gasteiger partial charge in [-0.3, -0.25) is 4.79 Å². The molecule has 1 unspecified atom stereocenters. The topological polar surface area (TPSA) is 109 Å². The summed E-state index contributed by atoms with van der Waals surface area (Å²) in [6.07, 6.45) is -4.10. The second-order valence-electron chi connectivity index (χ2n) is 8.91. The molecule has 1 amide bonds. The highest BCUT2D eigenvalue weighted by atomic mass is 32.2. The zero-order valence-electron chi connectivity index (χ0n) is 20.8. The van der Waals surface area contributed by atoms with Crippen LogP contribution in [0.25, 0.3) is 11.1 Å². The number of carbonyl (C=O) groups excluding carboxylic acids is 1. The minimum atomic E-state index is -4.76. The maximum atomic E-state index is 14.5. The van der Waals surface area contributed by atoms with Crippen LogP contribution in [0.4, 0.5) is 22.0 Å². The lowest BCUT2D eigenvalue weighted by molar-refractivity contribution is -0.141. The highest BCUT2D eigenvalue weighted by molar-refractivity contribution is 7.89. The van der Waals surface area contributed by atoms with Crippen molar-refractivity contribution in [1.29, 1.82) is 0 Å². The molecule has 1 fully saturated rings. The summed E-state index contributed by atoms with van der Waals surface area (Å²) in [4.78, 5) is 16.3. The number of nitrogens with one attached hydrogen (secondary N) is 1. The lowest BCUT2D eigenvalue weighted by atomic mass is 10.0. The summed E-state index contributed by atoms with van der Waals surface area (Å²) in [5, 5.41) is 11.6. The number of benzene rings is 2. The van der Waals surface area contributed by atoms with E-state index in [2.05, 4.69) is 10.3 Å². The third-order valence-corrected chi connectivity index (χ3v) is 8.07. The molecule has 14 heteroatoms. The van der Waals surface area contributed by atoms with Gasteiger partial charge in [0.2, 0.25) is 21.8 Å². The van der Waals surface area contributed by atoms with Crippen molar-refractivity contribution < 1.29 is 45.0 Å². The molecule has 0 radical (unpaired) electrons. The third-order valence-electron chi connectivity index (χ3n) is 6.14. The summed E-state index contributed by atoms with van der Waals surface area (Å²) < 4.78 is 99.5. The van der Waals surface area contributed by atoms with Gasteiger partial charge in [-0.15, -0.1) is 0 Å². The van der Waals surface area contributed by atoms with Gasteiger partial charge in [0.15, 0.2) is 0 Å². The summed E-state index contributed by atoms with van der Waals surface area (Å²) in [5.74, 6) is -2.45. The maximum absolute atomic E-state index is 14.5. The van der Waals surface area contributed by atoms with Gasteiger partial charge in [-0.2, -0.15) is 17.5 Å². The van der Waals surface area contributed by atoms with Crippen molar-refractivity contribution in [3.8, 4) is 17.0 Å². The van der Waals surface area contributed by atoms with E-state index in [0.717, 1.165) is 46.8 Å². The van der Waals surface area contributed by atoms with E-state index in [1.54, 1.807) is 0 Å².